The highest BCUT2D eigenvalue weighted by Gasteiger charge is 1.95. The fraction of sp³-hybridized carbons (Fsp3) is 1.00. The van der Waals surface area contributed by atoms with Crippen molar-refractivity contribution in [3.8, 4) is 0 Å². The van der Waals surface area contributed by atoms with Crippen molar-refractivity contribution in [2.45, 2.75) is 53.9 Å². The van der Waals surface area contributed by atoms with Crippen LogP contribution < -0.4 is 0 Å². The van der Waals surface area contributed by atoms with Crippen LogP contribution in [-0.4, -0.2) is 41.2 Å². The van der Waals surface area contributed by atoms with Crippen LogP contribution in [0.5, 0.6) is 0 Å². The van der Waals surface area contributed by atoms with Crippen LogP contribution in [0.4, 0.5) is 0 Å². The maximum atomic E-state index is 7.80. The third-order valence-corrected chi connectivity index (χ3v) is 2.35. The average Bonchev–Trinajstić information content (AvgIpc) is 2.12. The second-order valence-electron chi connectivity index (χ2n) is 3.29. The Morgan fingerprint density at radius 1 is 1.19 bits per heavy atom. The molecule has 0 aliphatic carbocycles. The Bertz CT molecular complexity index is 87.0. The van der Waals surface area contributed by atoms with Gasteiger partial charge in [0.2, 0.25) is 0 Å². The molecular formula is C12H32O2S2. The molecule has 0 aromatic rings. The van der Waals surface area contributed by atoms with Crippen molar-refractivity contribution in [3.05, 3.63) is 0 Å². The maximum absolute atomic E-state index is 7.80. The quantitative estimate of drug-likeness (QED) is 0.570. The van der Waals surface area contributed by atoms with E-state index >= 15 is 0 Å². The van der Waals surface area contributed by atoms with E-state index in [1.165, 1.54) is 0 Å². The Kier molecular flexibility index (Phi) is 33.4. The van der Waals surface area contributed by atoms with Gasteiger partial charge in [0.25, 0.3) is 0 Å². The Hall–Kier alpha value is 0.620. The van der Waals surface area contributed by atoms with Crippen LogP contribution in [0.3, 0.4) is 0 Å². The summed E-state index contributed by atoms with van der Waals surface area (Å²) in [6.45, 7) is 9.63. The number of ether oxygens (including phenoxy) is 1. The molecule has 0 fully saturated rings. The third kappa shape index (κ3) is 36.5. The van der Waals surface area contributed by atoms with Crippen LogP contribution in [0.1, 0.15) is 42.5 Å². The van der Waals surface area contributed by atoms with E-state index in [9.17, 15) is 0 Å². The van der Waals surface area contributed by atoms with Gasteiger partial charge in [-0.25, -0.2) is 0 Å². The second kappa shape index (κ2) is 21.0. The lowest BCUT2D eigenvalue weighted by atomic mass is 10.5. The molecule has 0 aliphatic rings. The highest BCUT2D eigenvalue weighted by atomic mass is 32.2. The van der Waals surface area contributed by atoms with Gasteiger partial charge >= 0.3 is 0 Å². The average molecular weight is 273 g/mol. The van der Waals surface area contributed by atoms with Crippen LogP contribution in [0, 0.1) is 0 Å². The number of thiol groups is 1. The molecule has 16 heavy (non-hydrogen) atoms. The number of rotatable bonds is 6. The van der Waals surface area contributed by atoms with Crippen LogP contribution in [0.2, 0.25) is 0 Å². The minimum Gasteiger partial charge on any atom is -0.396 e. The Labute approximate surface area is 113 Å². The van der Waals surface area contributed by atoms with Crippen molar-refractivity contribution in [2.24, 2.45) is 0 Å². The molecule has 2 nitrogen and oxygen atoms in total. The molecule has 0 heterocycles. The second-order valence-corrected chi connectivity index (χ2v) is 5.42. The molecule has 0 atom stereocenters. The number of thioether (sulfide) groups is 1. The SMILES string of the molecule is C.C.CC(C)OCCSC(C)C.OCCS. The number of hydrogen-bond donors (Lipinski definition) is 2. The van der Waals surface area contributed by atoms with Crippen LogP contribution in [0.15, 0.2) is 0 Å². The van der Waals surface area contributed by atoms with Crippen LogP contribution in [0.25, 0.3) is 0 Å². The van der Waals surface area contributed by atoms with Crippen molar-refractivity contribution < 1.29 is 9.84 Å². The first-order valence-electron chi connectivity index (χ1n) is 4.99. The van der Waals surface area contributed by atoms with E-state index in [1.54, 1.807) is 0 Å². The van der Waals surface area contributed by atoms with Gasteiger partial charge in [-0.3, -0.25) is 0 Å². The van der Waals surface area contributed by atoms with Crippen molar-refractivity contribution in [1.82, 2.24) is 0 Å². The molecule has 104 valence electrons. The van der Waals surface area contributed by atoms with Gasteiger partial charge in [-0.05, 0) is 19.1 Å². The molecule has 4 heteroatoms. The van der Waals surface area contributed by atoms with Crippen molar-refractivity contribution >= 4 is 24.4 Å². The zero-order chi connectivity index (χ0) is 11.4. The standard InChI is InChI=1S/C8H18OS.C2H6OS.2CH4/c1-7(2)9-5-6-10-8(3)4;3-1-2-4;;/h7-8H,5-6H2,1-4H3;3-4H,1-2H2;2*1H4. The van der Waals surface area contributed by atoms with Gasteiger partial charge in [0.1, 0.15) is 0 Å². The molecule has 0 radical (unpaired) electrons. The van der Waals surface area contributed by atoms with Gasteiger partial charge in [-0.1, -0.05) is 28.7 Å². The van der Waals surface area contributed by atoms with E-state index in [0.29, 0.717) is 11.9 Å². The summed E-state index contributed by atoms with van der Waals surface area (Å²) >= 11 is 5.62. The molecule has 0 amide bonds. The van der Waals surface area contributed by atoms with E-state index in [4.69, 9.17) is 9.84 Å². The summed E-state index contributed by atoms with van der Waals surface area (Å²) in [4.78, 5) is 0. The number of hydrogen-bond acceptors (Lipinski definition) is 4. The van der Waals surface area contributed by atoms with E-state index in [2.05, 4.69) is 40.3 Å². The molecule has 0 aromatic heterocycles. The van der Waals surface area contributed by atoms with Gasteiger partial charge in [0.15, 0.2) is 0 Å². The van der Waals surface area contributed by atoms with Crippen molar-refractivity contribution in [2.75, 3.05) is 24.7 Å². The first-order chi connectivity index (χ1) is 6.54. The third-order valence-electron chi connectivity index (χ3n) is 1.09. The first-order valence-corrected chi connectivity index (χ1v) is 6.67. The molecule has 0 saturated carbocycles. The largest absolute Gasteiger partial charge is 0.396 e. The molecule has 0 aromatic carbocycles. The summed E-state index contributed by atoms with van der Waals surface area (Å²) in [5.41, 5.74) is 0. The minimum atomic E-state index is 0. The van der Waals surface area contributed by atoms with Gasteiger partial charge in [-0.2, -0.15) is 24.4 Å². The van der Waals surface area contributed by atoms with Gasteiger partial charge in [0.05, 0.1) is 19.3 Å². The normalized spacial score (nSPS) is 9.00. The van der Waals surface area contributed by atoms with E-state index in [1.807, 2.05) is 11.8 Å². The summed E-state index contributed by atoms with van der Waals surface area (Å²) in [7, 11) is 0. The van der Waals surface area contributed by atoms with E-state index in [0.717, 1.165) is 17.6 Å². The predicted molar refractivity (Wildman–Crippen MR) is 83.1 cm³/mol. The summed E-state index contributed by atoms with van der Waals surface area (Å²) < 4.78 is 5.37. The molecule has 0 unspecified atom stereocenters. The zero-order valence-corrected chi connectivity index (χ0v) is 11.4. The number of aliphatic hydroxyl groups excluding tert-OH is 1. The van der Waals surface area contributed by atoms with Crippen molar-refractivity contribution in [1.29, 1.82) is 0 Å². The molecule has 0 aliphatic heterocycles. The summed E-state index contributed by atoms with van der Waals surface area (Å²) in [6.07, 6.45) is 0.382. The summed E-state index contributed by atoms with van der Waals surface area (Å²) in [5.74, 6) is 1.69. The molecule has 0 saturated heterocycles. The molecule has 0 rings (SSSR count). The number of aliphatic hydroxyl groups is 1. The highest BCUT2D eigenvalue weighted by Crippen LogP contribution is 2.08. The summed E-state index contributed by atoms with van der Waals surface area (Å²) in [6, 6.07) is 0. The van der Waals surface area contributed by atoms with Crippen LogP contribution in [-0.2, 0) is 4.74 Å². The van der Waals surface area contributed by atoms with E-state index < -0.39 is 0 Å². The lowest BCUT2D eigenvalue weighted by molar-refractivity contribution is 0.0920. The molecule has 0 spiro atoms. The predicted octanol–water partition coefficient (Wildman–Crippen LogP) is 3.73. The molecular weight excluding hydrogens is 240 g/mol. The first kappa shape index (κ1) is 25.5. The lowest BCUT2D eigenvalue weighted by Crippen LogP contribution is -2.06. The summed E-state index contributed by atoms with van der Waals surface area (Å²) in [5, 5.41) is 8.53. The Balaban J connectivity index is -0.000000105. The monoisotopic (exact) mass is 272 g/mol. The van der Waals surface area contributed by atoms with E-state index in [-0.39, 0.29) is 21.5 Å². The maximum Gasteiger partial charge on any atom is 0.0560 e. The smallest absolute Gasteiger partial charge is 0.0560 e. The fourth-order valence-corrected chi connectivity index (χ4v) is 1.23. The van der Waals surface area contributed by atoms with Gasteiger partial charge < -0.3 is 9.84 Å². The highest BCUT2D eigenvalue weighted by molar-refractivity contribution is 7.99. The Morgan fingerprint density at radius 2 is 1.62 bits per heavy atom. The molecule has 0 bridgehead atoms. The minimum absolute atomic E-state index is 0. The Morgan fingerprint density at radius 3 is 1.88 bits per heavy atom. The van der Waals surface area contributed by atoms with Crippen LogP contribution >= 0.6 is 24.4 Å². The zero-order valence-electron chi connectivity index (χ0n) is 9.69. The van der Waals surface area contributed by atoms with Gasteiger partial charge in [-0.15, -0.1) is 0 Å². The van der Waals surface area contributed by atoms with Crippen molar-refractivity contribution in [3.63, 3.8) is 0 Å². The molecule has 1 N–H and O–H groups in total. The lowest BCUT2D eigenvalue weighted by Gasteiger charge is -2.07. The fourth-order valence-electron chi connectivity index (χ4n) is 0.568. The topological polar surface area (TPSA) is 29.5 Å². The van der Waals surface area contributed by atoms with Gasteiger partial charge in [0, 0.05) is 11.5 Å².